The minimum absolute atomic E-state index is 0.1000. The number of thiazole rings is 1. The third kappa shape index (κ3) is 4.68. The van der Waals surface area contributed by atoms with Crippen LogP contribution in [0.15, 0.2) is 53.9 Å². The number of carbonyl (C=O) groups is 2. The van der Waals surface area contributed by atoms with Crippen molar-refractivity contribution in [2.45, 2.75) is 12.8 Å². The van der Waals surface area contributed by atoms with E-state index in [9.17, 15) is 14.0 Å². The van der Waals surface area contributed by atoms with E-state index < -0.39 is 0 Å². The summed E-state index contributed by atoms with van der Waals surface area (Å²) in [4.78, 5) is 31.6. The summed E-state index contributed by atoms with van der Waals surface area (Å²) in [6.07, 6.45) is 1.47. The second-order valence-electron chi connectivity index (χ2n) is 7.13. The van der Waals surface area contributed by atoms with E-state index >= 15 is 0 Å². The Morgan fingerprint density at radius 2 is 1.87 bits per heavy atom. The van der Waals surface area contributed by atoms with Gasteiger partial charge < -0.3 is 10.2 Å². The van der Waals surface area contributed by atoms with Gasteiger partial charge in [-0.2, -0.15) is 0 Å². The Labute approximate surface area is 182 Å². The summed E-state index contributed by atoms with van der Waals surface area (Å²) in [5, 5.41) is 5.74. The number of anilines is 1. The molecule has 3 aromatic rings. The molecular weight excluding hydrogens is 425 g/mol. The van der Waals surface area contributed by atoms with Crippen molar-refractivity contribution in [1.29, 1.82) is 0 Å². The second kappa shape index (κ2) is 8.93. The van der Waals surface area contributed by atoms with Crippen LogP contribution in [-0.2, 0) is 4.79 Å². The number of halogens is 2. The molecule has 4 rings (SSSR count). The predicted octanol–water partition coefficient (Wildman–Crippen LogP) is 5.09. The van der Waals surface area contributed by atoms with Crippen LogP contribution in [-0.4, -0.2) is 34.8 Å². The zero-order valence-corrected chi connectivity index (χ0v) is 17.5. The number of piperidine rings is 1. The highest BCUT2D eigenvalue weighted by molar-refractivity contribution is 7.14. The molecule has 1 fully saturated rings. The lowest BCUT2D eigenvalue weighted by Crippen LogP contribution is -2.43. The molecule has 5 nitrogen and oxygen atoms in total. The van der Waals surface area contributed by atoms with Gasteiger partial charge in [0.2, 0.25) is 5.91 Å². The summed E-state index contributed by atoms with van der Waals surface area (Å²) < 4.78 is 13.1. The Morgan fingerprint density at radius 3 is 2.60 bits per heavy atom. The lowest BCUT2D eigenvalue weighted by molar-refractivity contribution is -0.121. The van der Waals surface area contributed by atoms with E-state index in [4.69, 9.17) is 11.6 Å². The largest absolute Gasteiger partial charge is 0.338 e. The van der Waals surface area contributed by atoms with Crippen LogP contribution in [0.4, 0.5) is 9.52 Å². The predicted molar refractivity (Wildman–Crippen MR) is 116 cm³/mol. The number of nitrogens with zero attached hydrogens (tertiary/aromatic N) is 2. The van der Waals surface area contributed by atoms with Crippen LogP contribution in [0.5, 0.6) is 0 Å². The normalized spacial score (nSPS) is 16.3. The fourth-order valence-electron chi connectivity index (χ4n) is 3.44. The third-order valence-electron chi connectivity index (χ3n) is 5.04. The maximum atomic E-state index is 13.1. The summed E-state index contributed by atoms with van der Waals surface area (Å²) in [7, 11) is 0. The van der Waals surface area contributed by atoms with E-state index in [0.717, 1.165) is 12.0 Å². The monoisotopic (exact) mass is 443 g/mol. The molecule has 1 N–H and O–H groups in total. The Kier molecular flexibility index (Phi) is 6.11. The number of rotatable bonds is 4. The summed E-state index contributed by atoms with van der Waals surface area (Å²) in [5.74, 6) is -0.855. The molecule has 0 unspecified atom stereocenters. The minimum Gasteiger partial charge on any atom is -0.338 e. The summed E-state index contributed by atoms with van der Waals surface area (Å²) in [5.41, 5.74) is 2.02. The molecule has 2 heterocycles. The number of benzene rings is 2. The number of nitrogens with one attached hydrogen (secondary N) is 1. The second-order valence-corrected chi connectivity index (χ2v) is 8.43. The van der Waals surface area contributed by atoms with Crippen molar-refractivity contribution in [2.24, 2.45) is 5.92 Å². The molecule has 2 amide bonds. The number of hydrogen-bond acceptors (Lipinski definition) is 4. The van der Waals surface area contributed by atoms with Crippen LogP contribution in [0, 0.1) is 11.7 Å². The molecule has 1 saturated heterocycles. The maximum absolute atomic E-state index is 13.1. The van der Waals surface area contributed by atoms with E-state index in [1.54, 1.807) is 41.3 Å². The van der Waals surface area contributed by atoms with Crippen molar-refractivity contribution < 1.29 is 14.0 Å². The summed E-state index contributed by atoms with van der Waals surface area (Å²) in [6, 6.07) is 12.8. The third-order valence-corrected chi connectivity index (χ3v) is 6.05. The fraction of sp³-hybridized carbons (Fsp3) is 0.227. The van der Waals surface area contributed by atoms with E-state index in [2.05, 4.69) is 10.3 Å². The van der Waals surface area contributed by atoms with Crippen molar-refractivity contribution >= 4 is 39.9 Å². The highest BCUT2D eigenvalue weighted by Gasteiger charge is 2.29. The number of likely N-dealkylation sites (tertiary alicyclic amines) is 1. The van der Waals surface area contributed by atoms with Crippen LogP contribution < -0.4 is 5.32 Å². The average molecular weight is 444 g/mol. The van der Waals surface area contributed by atoms with Gasteiger partial charge in [0, 0.05) is 34.6 Å². The molecule has 154 valence electrons. The van der Waals surface area contributed by atoms with Crippen LogP contribution in [0.25, 0.3) is 11.3 Å². The molecule has 1 atom stereocenters. The summed E-state index contributed by atoms with van der Waals surface area (Å²) in [6.45, 7) is 0.987. The van der Waals surface area contributed by atoms with Crippen molar-refractivity contribution in [3.05, 3.63) is 70.3 Å². The van der Waals surface area contributed by atoms with Gasteiger partial charge in [0.25, 0.3) is 5.91 Å². The molecule has 1 aliphatic rings. The van der Waals surface area contributed by atoms with E-state index in [1.807, 2.05) is 5.38 Å². The Bertz CT molecular complexity index is 1050. The zero-order valence-electron chi connectivity index (χ0n) is 16.0. The SMILES string of the molecule is O=C(Nc1nc(-c2ccc(F)cc2)cs1)[C@@H]1CCCN(C(=O)c2ccc(Cl)cc2)C1. The van der Waals surface area contributed by atoms with E-state index in [1.165, 1.54) is 23.5 Å². The number of aromatic nitrogens is 1. The molecular formula is C22H19ClFN3O2S. The summed E-state index contributed by atoms with van der Waals surface area (Å²) >= 11 is 7.21. The van der Waals surface area contributed by atoms with Crippen LogP contribution >= 0.6 is 22.9 Å². The first-order chi connectivity index (χ1) is 14.5. The van der Waals surface area contributed by atoms with Crippen molar-refractivity contribution in [1.82, 2.24) is 9.88 Å². The van der Waals surface area contributed by atoms with Crippen LogP contribution in [0.2, 0.25) is 5.02 Å². The Morgan fingerprint density at radius 1 is 1.13 bits per heavy atom. The van der Waals surface area contributed by atoms with Crippen molar-refractivity contribution in [2.75, 3.05) is 18.4 Å². The van der Waals surface area contributed by atoms with Crippen molar-refractivity contribution in [3.8, 4) is 11.3 Å². The van der Waals surface area contributed by atoms with Crippen LogP contribution in [0.1, 0.15) is 23.2 Å². The molecule has 8 heteroatoms. The Hall–Kier alpha value is -2.77. The Balaban J connectivity index is 1.39. The average Bonchev–Trinajstić information content (AvgIpc) is 3.23. The molecule has 2 aromatic carbocycles. The highest BCUT2D eigenvalue weighted by atomic mass is 35.5. The first-order valence-corrected chi connectivity index (χ1v) is 10.8. The lowest BCUT2D eigenvalue weighted by Gasteiger charge is -2.32. The molecule has 0 radical (unpaired) electrons. The molecule has 1 aromatic heterocycles. The molecule has 0 aliphatic carbocycles. The van der Waals surface area contributed by atoms with Gasteiger partial charge in [-0.3, -0.25) is 9.59 Å². The van der Waals surface area contributed by atoms with Gasteiger partial charge in [-0.15, -0.1) is 11.3 Å². The van der Waals surface area contributed by atoms with Gasteiger partial charge >= 0.3 is 0 Å². The van der Waals surface area contributed by atoms with Gasteiger partial charge in [0.05, 0.1) is 11.6 Å². The number of amides is 2. The van der Waals surface area contributed by atoms with E-state index in [0.29, 0.717) is 40.9 Å². The smallest absolute Gasteiger partial charge is 0.253 e. The minimum atomic E-state index is -0.308. The number of carbonyl (C=O) groups excluding carboxylic acids is 2. The topological polar surface area (TPSA) is 62.3 Å². The fourth-order valence-corrected chi connectivity index (χ4v) is 4.29. The standard InChI is InChI=1S/C22H19ClFN3O2S/c23-17-7-3-15(4-8-17)21(29)27-11-1-2-16(12-27)20(28)26-22-25-19(13-30-22)14-5-9-18(24)10-6-14/h3-10,13,16H,1-2,11-12H2,(H,25,26,28)/t16-/m1/s1. The quantitative estimate of drug-likeness (QED) is 0.610. The highest BCUT2D eigenvalue weighted by Crippen LogP contribution is 2.27. The van der Waals surface area contributed by atoms with Gasteiger partial charge in [-0.1, -0.05) is 11.6 Å². The zero-order chi connectivity index (χ0) is 21.1. The molecule has 30 heavy (non-hydrogen) atoms. The van der Waals surface area contributed by atoms with Crippen LogP contribution in [0.3, 0.4) is 0 Å². The van der Waals surface area contributed by atoms with Gasteiger partial charge in [0.15, 0.2) is 5.13 Å². The maximum Gasteiger partial charge on any atom is 0.253 e. The first-order valence-electron chi connectivity index (χ1n) is 9.57. The molecule has 1 aliphatic heterocycles. The van der Waals surface area contributed by atoms with Gasteiger partial charge in [-0.25, -0.2) is 9.37 Å². The molecule has 0 saturated carbocycles. The van der Waals surface area contributed by atoms with Gasteiger partial charge in [-0.05, 0) is 61.4 Å². The first kappa shape index (κ1) is 20.5. The lowest BCUT2D eigenvalue weighted by atomic mass is 9.96. The van der Waals surface area contributed by atoms with Crippen molar-refractivity contribution in [3.63, 3.8) is 0 Å². The number of hydrogen-bond donors (Lipinski definition) is 1. The van der Waals surface area contributed by atoms with E-state index in [-0.39, 0.29) is 23.5 Å². The van der Waals surface area contributed by atoms with Gasteiger partial charge in [0.1, 0.15) is 5.82 Å². The molecule has 0 bridgehead atoms. The molecule has 0 spiro atoms.